The third kappa shape index (κ3) is 7.12. The molecular formula is C31H30FN3O5. The first-order chi connectivity index (χ1) is 19.4. The Morgan fingerprint density at radius 3 is 2.30 bits per heavy atom. The highest BCUT2D eigenvalue weighted by Crippen LogP contribution is 2.25. The van der Waals surface area contributed by atoms with E-state index in [0.29, 0.717) is 47.5 Å². The van der Waals surface area contributed by atoms with E-state index in [1.165, 1.54) is 12.1 Å². The zero-order valence-corrected chi connectivity index (χ0v) is 21.8. The van der Waals surface area contributed by atoms with E-state index in [2.05, 4.69) is 15.2 Å². The molecule has 2 aliphatic heterocycles. The Labute approximate surface area is 231 Å². The number of amides is 1. The Morgan fingerprint density at radius 1 is 0.950 bits per heavy atom. The molecule has 0 saturated carbocycles. The van der Waals surface area contributed by atoms with E-state index in [4.69, 9.17) is 14.6 Å². The van der Waals surface area contributed by atoms with Crippen molar-refractivity contribution in [3.63, 3.8) is 0 Å². The molecule has 40 heavy (non-hydrogen) atoms. The number of halogens is 1. The average Bonchev–Trinajstić information content (AvgIpc) is 2.98. The zero-order chi connectivity index (χ0) is 27.9. The second-order valence-corrected chi connectivity index (χ2v) is 9.81. The molecule has 2 heterocycles. The number of benzene rings is 3. The molecule has 0 bridgehead atoms. The van der Waals surface area contributed by atoms with Crippen LogP contribution in [0.4, 0.5) is 4.39 Å². The smallest absolute Gasteiger partial charge is 0.335 e. The second-order valence-electron chi connectivity index (χ2n) is 9.81. The van der Waals surface area contributed by atoms with Crippen LogP contribution in [0, 0.1) is 11.7 Å². The predicted molar refractivity (Wildman–Crippen MR) is 149 cm³/mol. The molecule has 3 aromatic carbocycles. The summed E-state index contributed by atoms with van der Waals surface area (Å²) in [6, 6.07) is 19.0. The Hall–Kier alpha value is -4.50. The monoisotopic (exact) mass is 543 g/mol. The molecule has 9 heteroatoms. The molecule has 2 aliphatic rings. The van der Waals surface area contributed by atoms with Crippen LogP contribution in [0.3, 0.4) is 0 Å². The first kappa shape index (κ1) is 27.1. The van der Waals surface area contributed by atoms with Gasteiger partial charge >= 0.3 is 5.97 Å². The van der Waals surface area contributed by atoms with Crippen LogP contribution in [0.25, 0.3) is 0 Å². The highest BCUT2D eigenvalue weighted by Gasteiger charge is 2.26. The van der Waals surface area contributed by atoms with E-state index in [9.17, 15) is 14.0 Å². The topological polar surface area (TPSA) is 100 Å². The number of aliphatic imine (C=N–C) groups is 1. The van der Waals surface area contributed by atoms with Gasteiger partial charge in [0.25, 0.3) is 5.91 Å². The molecule has 0 aromatic heterocycles. The zero-order valence-electron chi connectivity index (χ0n) is 21.8. The second kappa shape index (κ2) is 12.6. The van der Waals surface area contributed by atoms with Crippen LogP contribution >= 0.6 is 0 Å². The Bertz CT molecular complexity index is 1400. The molecule has 1 amide bonds. The fraction of sp³-hybridized carbons (Fsp3) is 0.258. The van der Waals surface area contributed by atoms with E-state index in [0.717, 1.165) is 25.9 Å². The lowest BCUT2D eigenvalue weighted by Crippen LogP contribution is -2.42. The van der Waals surface area contributed by atoms with Crippen LogP contribution in [-0.4, -0.2) is 54.0 Å². The quantitative estimate of drug-likeness (QED) is 0.369. The van der Waals surface area contributed by atoms with Gasteiger partial charge in [-0.1, -0.05) is 12.1 Å². The van der Waals surface area contributed by atoms with Crippen molar-refractivity contribution in [3.05, 3.63) is 102 Å². The van der Waals surface area contributed by atoms with Gasteiger partial charge in [0.05, 0.1) is 17.9 Å². The lowest BCUT2D eigenvalue weighted by atomic mass is 9.97. The molecule has 0 spiro atoms. The number of nitrogens with one attached hydrogen (secondary N) is 1. The summed E-state index contributed by atoms with van der Waals surface area (Å²) in [4.78, 5) is 30.9. The number of hydrogen-bond donors (Lipinski definition) is 2. The van der Waals surface area contributed by atoms with E-state index in [-0.39, 0.29) is 23.5 Å². The summed E-state index contributed by atoms with van der Waals surface area (Å²) >= 11 is 0. The van der Waals surface area contributed by atoms with Crippen LogP contribution < -0.4 is 14.8 Å². The number of rotatable bonds is 9. The number of hydrogen-bond acceptors (Lipinski definition) is 6. The number of aromatic carboxylic acids is 1. The Morgan fingerprint density at radius 2 is 1.65 bits per heavy atom. The van der Waals surface area contributed by atoms with Crippen molar-refractivity contribution in [3.8, 4) is 17.2 Å². The predicted octanol–water partition coefficient (Wildman–Crippen LogP) is 5.52. The van der Waals surface area contributed by atoms with Gasteiger partial charge < -0.3 is 19.9 Å². The van der Waals surface area contributed by atoms with Gasteiger partial charge in [-0.25, -0.2) is 9.18 Å². The van der Waals surface area contributed by atoms with Gasteiger partial charge in [0, 0.05) is 31.3 Å². The molecule has 8 nitrogen and oxygen atoms in total. The molecule has 1 unspecified atom stereocenters. The first-order valence-electron chi connectivity index (χ1n) is 13.2. The van der Waals surface area contributed by atoms with Crippen molar-refractivity contribution >= 4 is 18.1 Å². The van der Waals surface area contributed by atoms with Crippen molar-refractivity contribution < 1.29 is 28.6 Å². The summed E-state index contributed by atoms with van der Waals surface area (Å²) < 4.78 is 24.6. The fourth-order valence-electron chi connectivity index (χ4n) is 4.71. The summed E-state index contributed by atoms with van der Waals surface area (Å²) in [5.41, 5.74) is 1.37. The van der Waals surface area contributed by atoms with Gasteiger partial charge in [0.2, 0.25) is 0 Å². The third-order valence-electron chi connectivity index (χ3n) is 7.00. The van der Waals surface area contributed by atoms with Crippen molar-refractivity contribution in [1.82, 2.24) is 10.2 Å². The summed E-state index contributed by atoms with van der Waals surface area (Å²) in [7, 11) is 0. The van der Waals surface area contributed by atoms with Gasteiger partial charge in [-0.3, -0.25) is 14.7 Å². The minimum Gasteiger partial charge on any atom is -0.493 e. The SMILES string of the molecule is O=C(O)c1cccc(OCC2CCN(C3CC=C(NC(=O)c4ccc(Oc5ccc(F)cc5)cc4)C=N3)CC2)c1. The maximum atomic E-state index is 13.1. The number of piperidine rings is 1. The minimum atomic E-state index is -0.965. The number of carbonyl (C=O) groups is 2. The summed E-state index contributed by atoms with van der Waals surface area (Å²) in [6.07, 6.45) is 6.39. The first-order valence-corrected chi connectivity index (χ1v) is 13.2. The molecule has 1 atom stereocenters. The maximum Gasteiger partial charge on any atom is 0.335 e. The van der Waals surface area contributed by atoms with Gasteiger partial charge in [-0.05, 0) is 85.5 Å². The van der Waals surface area contributed by atoms with E-state index in [1.807, 2.05) is 6.08 Å². The van der Waals surface area contributed by atoms with Crippen LogP contribution in [0.5, 0.6) is 17.2 Å². The largest absolute Gasteiger partial charge is 0.493 e. The Kier molecular flexibility index (Phi) is 8.51. The number of likely N-dealkylation sites (tertiary alicyclic amines) is 1. The maximum absolute atomic E-state index is 13.1. The third-order valence-corrected chi connectivity index (χ3v) is 7.00. The van der Waals surface area contributed by atoms with Gasteiger partial charge in [0.15, 0.2) is 0 Å². The average molecular weight is 544 g/mol. The van der Waals surface area contributed by atoms with E-state index < -0.39 is 5.97 Å². The van der Waals surface area contributed by atoms with Crippen molar-refractivity contribution in [2.45, 2.75) is 25.4 Å². The Balaban J connectivity index is 1.05. The molecule has 1 fully saturated rings. The van der Waals surface area contributed by atoms with Gasteiger partial charge in [-0.2, -0.15) is 0 Å². The molecule has 3 aromatic rings. The van der Waals surface area contributed by atoms with Crippen LogP contribution in [-0.2, 0) is 0 Å². The molecule has 2 N–H and O–H groups in total. The van der Waals surface area contributed by atoms with Crippen molar-refractivity contribution in [1.29, 1.82) is 0 Å². The van der Waals surface area contributed by atoms with E-state index >= 15 is 0 Å². The highest BCUT2D eigenvalue weighted by atomic mass is 19.1. The fourth-order valence-corrected chi connectivity index (χ4v) is 4.71. The number of carboxylic acid groups (broad SMARTS) is 1. The molecule has 5 rings (SSSR count). The van der Waals surface area contributed by atoms with Crippen LogP contribution in [0.1, 0.15) is 40.0 Å². The van der Waals surface area contributed by atoms with Gasteiger partial charge in [0.1, 0.15) is 29.2 Å². The lowest BCUT2D eigenvalue weighted by Gasteiger charge is -2.36. The number of dihydropyridines is 1. The van der Waals surface area contributed by atoms with E-state index in [1.54, 1.807) is 66.9 Å². The van der Waals surface area contributed by atoms with Crippen LogP contribution in [0.15, 0.2) is 89.6 Å². The lowest BCUT2D eigenvalue weighted by molar-refractivity contribution is 0.0695. The number of allylic oxidation sites excluding steroid dienone is 1. The van der Waals surface area contributed by atoms with Crippen molar-refractivity contribution in [2.24, 2.45) is 10.9 Å². The molecular weight excluding hydrogens is 513 g/mol. The minimum absolute atomic E-state index is 0.0395. The van der Waals surface area contributed by atoms with Gasteiger partial charge in [-0.15, -0.1) is 0 Å². The summed E-state index contributed by atoms with van der Waals surface area (Å²) in [5.74, 6) is 0.500. The molecule has 1 saturated heterocycles. The summed E-state index contributed by atoms with van der Waals surface area (Å²) in [5, 5.41) is 12.0. The molecule has 0 radical (unpaired) electrons. The number of ether oxygens (including phenoxy) is 2. The molecule has 206 valence electrons. The standard InChI is InChI=1S/C31H30FN3O5/c32-24-6-11-27(12-7-24)40-26-9-4-22(5-10-26)30(36)34-25-8-13-29(33-19-25)35-16-14-21(15-17-35)20-39-28-3-1-2-23(18-28)31(37)38/h1-12,18-19,21,29H,13-17,20H2,(H,34,36)(H,37,38). The van der Waals surface area contributed by atoms with Crippen LogP contribution in [0.2, 0.25) is 0 Å². The number of carboxylic acids is 1. The van der Waals surface area contributed by atoms with Crippen molar-refractivity contribution in [2.75, 3.05) is 19.7 Å². The molecule has 0 aliphatic carbocycles. The highest BCUT2D eigenvalue weighted by molar-refractivity contribution is 5.99. The normalized spacial score (nSPS) is 17.6. The number of nitrogens with zero attached hydrogens (tertiary/aromatic N) is 2. The number of carbonyl (C=O) groups excluding carboxylic acids is 1. The summed E-state index contributed by atoms with van der Waals surface area (Å²) in [6.45, 7) is 2.35.